The average Bonchev–Trinajstić information content (AvgIpc) is 2.65. The van der Waals surface area contributed by atoms with Crippen molar-refractivity contribution in [2.45, 2.75) is 24.2 Å². The molecule has 0 aliphatic carbocycles. The van der Waals surface area contributed by atoms with Crippen molar-refractivity contribution in [3.05, 3.63) is 72.3 Å². The third kappa shape index (κ3) is 3.61. The molecule has 6 heteroatoms. The average molecular weight is 372 g/mol. The number of nitriles is 1. The first kappa shape index (κ1) is 19.2. The highest BCUT2D eigenvalue weighted by atomic mass is 19.4. The number of aliphatic hydroxyl groups excluding tert-OH is 1. The number of hydrogen-bond donors (Lipinski definition) is 1. The molecule has 0 amide bonds. The molecule has 1 fully saturated rings. The maximum atomic E-state index is 12.7. The zero-order valence-electron chi connectivity index (χ0n) is 14.5. The van der Waals surface area contributed by atoms with Crippen LogP contribution in [0.1, 0.15) is 17.0 Å². The van der Waals surface area contributed by atoms with Gasteiger partial charge in [-0.15, -0.1) is 6.58 Å². The highest BCUT2D eigenvalue weighted by Gasteiger charge is 2.48. The Labute approximate surface area is 156 Å². The smallest absolute Gasteiger partial charge is 0.395 e. The number of halogens is 3. The van der Waals surface area contributed by atoms with Crippen LogP contribution in [-0.4, -0.2) is 35.2 Å². The molecular weight excluding hydrogens is 353 g/mol. The standard InChI is InChI=1S/C21H19F3N2O/c1-2-11-26-18(12-25)20(19(26)13-27)16-5-3-14(4-6-16)15-7-9-17(10-8-15)21(22,23)24/h2-10,18-20,27H,1,11,13H2. The first-order valence-electron chi connectivity index (χ1n) is 8.55. The second-order valence-electron chi connectivity index (χ2n) is 6.53. The number of benzene rings is 2. The predicted molar refractivity (Wildman–Crippen MR) is 96.8 cm³/mol. The van der Waals surface area contributed by atoms with E-state index < -0.39 is 11.7 Å². The Hall–Kier alpha value is -2.62. The van der Waals surface area contributed by atoms with E-state index in [9.17, 15) is 23.5 Å². The van der Waals surface area contributed by atoms with Gasteiger partial charge in [-0.05, 0) is 28.8 Å². The molecule has 140 valence electrons. The van der Waals surface area contributed by atoms with E-state index in [0.717, 1.165) is 23.3 Å². The Morgan fingerprint density at radius 3 is 2.07 bits per heavy atom. The zero-order chi connectivity index (χ0) is 19.6. The van der Waals surface area contributed by atoms with Gasteiger partial charge < -0.3 is 5.11 Å². The number of likely N-dealkylation sites (tertiary alicyclic amines) is 1. The van der Waals surface area contributed by atoms with E-state index in [0.29, 0.717) is 12.1 Å². The molecule has 1 aliphatic rings. The third-order valence-electron chi connectivity index (χ3n) is 5.04. The van der Waals surface area contributed by atoms with E-state index in [1.807, 2.05) is 29.2 Å². The van der Waals surface area contributed by atoms with Gasteiger partial charge in [0.2, 0.25) is 0 Å². The molecule has 1 saturated heterocycles. The van der Waals surface area contributed by atoms with Gasteiger partial charge >= 0.3 is 6.18 Å². The van der Waals surface area contributed by atoms with E-state index in [1.54, 1.807) is 6.08 Å². The van der Waals surface area contributed by atoms with Crippen LogP contribution in [0, 0.1) is 11.3 Å². The van der Waals surface area contributed by atoms with Crippen LogP contribution in [0.15, 0.2) is 61.2 Å². The molecule has 3 atom stereocenters. The fraction of sp³-hybridized carbons (Fsp3) is 0.286. The number of nitrogens with zero attached hydrogens (tertiary/aromatic N) is 2. The molecule has 1 N–H and O–H groups in total. The van der Waals surface area contributed by atoms with Crippen molar-refractivity contribution in [1.82, 2.24) is 4.90 Å². The molecule has 2 aromatic carbocycles. The summed E-state index contributed by atoms with van der Waals surface area (Å²) in [5.74, 6) is -0.110. The molecule has 27 heavy (non-hydrogen) atoms. The van der Waals surface area contributed by atoms with Crippen LogP contribution >= 0.6 is 0 Å². The van der Waals surface area contributed by atoms with Crippen molar-refractivity contribution in [3.63, 3.8) is 0 Å². The summed E-state index contributed by atoms with van der Waals surface area (Å²) in [5.41, 5.74) is 1.73. The van der Waals surface area contributed by atoms with Crippen molar-refractivity contribution >= 4 is 0 Å². The molecule has 2 aromatic rings. The van der Waals surface area contributed by atoms with Crippen LogP contribution < -0.4 is 0 Å². The van der Waals surface area contributed by atoms with E-state index >= 15 is 0 Å². The molecule has 0 spiro atoms. The van der Waals surface area contributed by atoms with Crippen LogP contribution in [0.4, 0.5) is 13.2 Å². The molecule has 0 aromatic heterocycles. The van der Waals surface area contributed by atoms with E-state index in [4.69, 9.17) is 0 Å². The molecule has 1 heterocycles. The van der Waals surface area contributed by atoms with Gasteiger partial charge in [-0.3, -0.25) is 4.90 Å². The zero-order valence-corrected chi connectivity index (χ0v) is 14.5. The first-order valence-corrected chi connectivity index (χ1v) is 8.55. The van der Waals surface area contributed by atoms with Crippen molar-refractivity contribution in [1.29, 1.82) is 5.26 Å². The summed E-state index contributed by atoms with van der Waals surface area (Å²) in [5, 5.41) is 19.1. The van der Waals surface area contributed by atoms with Gasteiger partial charge in [0.25, 0.3) is 0 Å². The summed E-state index contributed by atoms with van der Waals surface area (Å²) in [6.07, 6.45) is -2.65. The quantitative estimate of drug-likeness (QED) is 0.800. The normalized spacial score (nSPS) is 22.7. The predicted octanol–water partition coefficient (Wildman–Crippen LogP) is 4.21. The van der Waals surface area contributed by atoms with Gasteiger partial charge in [-0.2, -0.15) is 18.4 Å². The molecular formula is C21H19F3N2O. The largest absolute Gasteiger partial charge is 0.416 e. The fourth-order valence-corrected chi connectivity index (χ4v) is 3.65. The molecule has 3 nitrogen and oxygen atoms in total. The number of aliphatic hydroxyl groups is 1. The Balaban J connectivity index is 1.81. The van der Waals surface area contributed by atoms with E-state index in [1.165, 1.54) is 12.1 Å². The van der Waals surface area contributed by atoms with Gasteiger partial charge in [0, 0.05) is 18.5 Å². The highest BCUT2D eigenvalue weighted by molar-refractivity contribution is 5.64. The summed E-state index contributed by atoms with van der Waals surface area (Å²) in [6.45, 7) is 4.15. The Morgan fingerprint density at radius 2 is 1.63 bits per heavy atom. The first-order chi connectivity index (χ1) is 12.9. The summed E-state index contributed by atoms with van der Waals surface area (Å²) in [6, 6.07) is 14.2. The molecule has 3 unspecified atom stereocenters. The molecule has 0 radical (unpaired) electrons. The summed E-state index contributed by atoms with van der Waals surface area (Å²) in [7, 11) is 0. The lowest BCUT2D eigenvalue weighted by molar-refractivity contribution is -0.137. The van der Waals surface area contributed by atoms with Crippen molar-refractivity contribution in [2.75, 3.05) is 13.2 Å². The maximum absolute atomic E-state index is 12.7. The molecule has 3 rings (SSSR count). The lowest BCUT2D eigenvalue weighted by Gasteiger charge is -2.51. The number of rotatable bonds is 5. The SMILES string of the molecule is C=CCN1C(C#N)C(c2ccc(-c3ccc(C(F)(F)F)cc3)cc2)C1CO. The number of alkyl halides is 3. The second kappa shape index (κ2) is 7.55. The Kier molecular flexibility index (Phi) is 5.36. The van der Waals surface area contributed by atoms with Crippen LogP contribution in [0.3, 0.4) is 0 Å². The van der Waals surface area contributed by atoms with Gasteiger partial charge in [0.05, 0.1) is 18.2 Å². The van der Waals surface area contributed by atoms with Crippen LogP contribution in [-0.2, 0) is 6.18 Å². The van der Waals surface area contributed by atoms with Gasteiger partial charge in [-0.25, -0.2) is 0 Å². The number of hydrogen-bond acceptors (Lipinski definition) is 3. The summed E-state index contributed by atoms with van der Waals surface area (Å²) >= 11 is 0. The fourth-order valence-electron chi connectivity index (χ4n) is 3.65. The lowest BCUT2D eigenvalue weighted by atomic mass is 9.75. The molecule has 1 aliphatic heterocycles. The van der Waals surface area contributed by atoms with Crippen LogP contribution in [0.2, 0.25) is 0 Å². The molecule has 0 bridgehead atoms. The minimum absolute atomic E-state index is 0.0582. The third-order valence-corrected chi connectivity index (χ3v) is 5.04. The lowest BCUT2D eigenvalue weighted by Crippen LogP contribution is -2.63. The Morgan fingerprint density at radius 1 is 1.07 bits per heavy atom. The monoisotopic (exact) mass is 372 g/mol. The van der Waals surface area contributed by atoms with Crippen molar-refractivity contribution in [3.8, 4) is 17.2 Å². The van der Waals surface area contributed by atoms with Gasteiger partial charge in [-0.1, -0.05) is 42.5 Å². The topological polar surface area (TPSA) is 47.3 Å². The minimum Gasteiger partial charge on any atom is -0.395 e. The second-order valence-corrected chi connectivity index (χ2v) is 6.53. The van der Waals surface area contributed by atoms with Crippen LogP contribution in [0.5, 0.6) is 0 Å². The highest BCUT2D eigenvalue weighted by Crippen LogP contribution is 2.40. The van der Waals surface area contributed by atoms with Crippen molar-refractivity contribution < 1.29 is 18.3 Å². The summed E-state index contributed by atoms with van der Waals surface area (Å²) in [4.78, 5) is 1.90. The van der Waals surface area contributed by atoms with Gasteiger partial charge in [0.1, 0.15) is 6.04 Å². The summed E-state index contributed by atoms with van der Waals surface area (Å²) < 4.78 is 38.0. The van der Waals surface area contributed by atoms with E-state index in [2.05, 4.69) is 12.6 Å². The molecule has 0 saturated carbocycles. The Bertz CT molecular complexity index is 838. The van der Waals surface area contributed by atoms with E-state index in [-0.39, 0.29) is 24.6 Å². The van der Waals surface area contributed by atoms with Crippen molar-refractivity contribution in [2.24, 2.45) is 0 Å². The minimum atomic E-state index is -4.35. The maximum Gasteiger partial charge on any atom is 0.416 e. The van der Waals surface area contributed by atoms with Crippen LogP contribution in [0.25, 0.3) is 11.1 Å². The van der Waals surface area contributed by atoms with Gasteiger partial charge in [0.15, 0.2) is 0 Å².